The second-order valence-corrected chi connectivity index (χ2v) is 5.98. The maximum atomic E-state index is 11.0. The van der Waals surface area contributed by atoms with Crippen molar-refractivity contribution in [2.24, 2.45) is 11.8 Å². The number of carboxylic acids is 1. The second-order valence-electron chi connectivity index (χ2n) is 5.13. The molecule has 0 bridgehead atoms. The first-order chi connectivity index (χ1) is 8.81. The van der Waals surface area contributed by atoms with Gasteiger partial charge in [0.1, 0.15) is 0 Å². The van der Waals surface area contributed by atoms with Crippen molar-refractivity contribution in [2.45, 2.75) is 20.8 Å². The van der Waals surface area contributed by atoms with E-state index in [1.807, 2.05) is 4.90 Å². The molecule has 1 atom stereocenters. The van der Waals surface area contributed by atoms with Gasteiger partial charge in [-0.2, -0.15) is 0 Å². The summed E-state index contributed by atoms with van der Waals surface area (Å²) in [6.45, 7) is 6.99. The molecule has 19 heavy (non-hydrogen) atoms. The molecule has 0 aromatic heterocycles. The van der Waals surface area contributed by atoms with E-state index in [2.05, 4.69) is 13.8 Å². The normalized spacial score (nSPS) is 12.5. The van der Waals surface area contributed by atoms with Crippen LogP contribution in [0.25, 0.3) is 0 Å². The minimum absolute atomic E-state index is 0.399. The molecule has 0 aliphatic rings. The molecule has 1 aromatic carbocycles. The summed E-state index contributed by atoms with van der Waals surface area (Å²) in [4.78, 5) is 13.0. The average molecular weight is 304 g/mol. The Morgan fingerprint density at radius 3 is 2.42 bits per heavy atom. The summed E-state index contributed by atoms with van der Waals surface area (Å²) in [6.07, 6.45) is 0. The van der Waals surface area contributed by atoms with E-state index in [1.54, 1.807) is 25.1 Å². The van der Waals surface area contributed by atoms with Crippen LogP contribution in [0.5, 0.6) is 0 Å². The van der Waals surface area contributed by atoms with Gasteiger partial charge in [0.2, 0.25) is 0 Å². The third-order valence-electron chi connectivity index (χ3n) is 2.75. The smallest absolute Gasteiger partial charge is 0.308 e. The fourth-order valence-corrected chi connectivity index (χ4v) is 2.25. The first-order valence-electron chi connectivity index (χ1n) is 6.24. The van der Waals surface area contributed by atoms with Gasteiger partial charge >= 0.3 is 5.97 Å². The van der Waals surface area contributed by atoms with Gasteiger partial charge in [0.15, 0.2) is 0 Å². The summed E-state index contributed by atoms with van der Waals surface area (Å²) in [5.74, 6) is -0.878. The number of carboxylic acid groups (broad SMARTS) is 1. The fourth-order valence-electron chi connectivity index (χ4n) is 1.85. The molecule has 0 saturated heterocycles. The van der Waals surface area contributed by atoms with Crippen LogP contribution in [0.15, 0.2) is 18.2 Å². The first kappa shape index (κ1) is 16.1. The Morgan fingerprint density at radius 1 is 1.26 bits per heavy atom. The number of halogens is 2. The predicted octanol–water partition coefficient (Wildman–Crippen LogP) is 4.18. The number of anilines is 1. The van der Waals surface area contributed by atoms with E-state index in [0.717, 1.165) is 12.2 Å². The third-order valence-corrected chi connectivity index (χ3v) is 3.30. The monoisotopic (exact) mass is 303 g/mol. The first-order valence-corrected chi connectivity index (χ1v) is 6.99. The van der Waals surface area contributed by atoms with Crippen LogP contribution in [-0.2, 0) is 4.79 Å². The maximum absolute atomic E-state index is 11.0. The lowest BCUT2D eigenvalue weighted by Gasteiger charge is -2.29. The number of carbonyl (C=O) groups is 1. The van der Waals surface area contributed by atoms with Gasteiger partial charge in [0.25, 0.3) is 0 Å². The number of benzene rings is 1. The molecule has 1 N–H and O–H groups in total. The molecule has 3 nitrogen and oxygen atoms in total. The van der Waals surface area contributed by atoms with Crippen LogP contribution in [0.3, 0.4) is 0 Å². The van der Waals surface area contributed by atoms with Crippen molar-refractivity contribution in [3.8, 4) is 0 Å². The zero-order chi connectivity index (χ0) is 14.6. The van der Waals surface area contributed by atoms with Gasteiger partial charge in [-0.15, -0.1) is 0 Å². The van der Waals surface area contributed by atoms with Crippen molar-refractivity contribution < 1.29 is 9.90 Å². The van der Waals surface area contributed by atoms with Gasteiger partial charge in [0.05, 0.1) is 16.6 Å². The van der Waals surface area contributed by atoms with E-state index in [4.69, 9.17) is 28.3 Å². The van der Waals surface area contributed by atoms with Gasteiger partial charge in [-0.1, -0.05) is 44.0 Å². The SMILES string of the molecule is CC(C)CN(CC(C)C(=O)O)c1cc(Cl)ccc1Cl. The van der Waals surface area contributed by atoms with E-state index in [1.165, 1.54) is 0 Å². The number of aliphatic carboxylic acids is 1. The number of nitrogens with zero attached hydrogens (tertiary/aromatic N) is 1. The van der Waals surface area contributed by atoms with Crippen molar-refractivity contribution in [1.29, 1.82) is 0 Å². The standard InChI is InChI=1S/C14H19Cl2NO2/c1-9(2)7-17(8-10(3)14(18)19)13-6-11(15)4-5-12(13)16/h4-6,9-10H,7-8H2,1-3H3,(H,18,19). The topological polar surface area (TPSA) is 40.5 Å². The molecule has 0 radical (unpaired) electrons. The highest BCUT2D eigenvalue weighted by Crippen LogP contribution is 2.30. The van der Waals surface area contributed by atoms with Crippen LogP contribution in [0, 0.1) is 11.8 Å². The average Bonchev–Trinajstić information content (AvgIpc) is 2.30. The number of hydrogen-bond acceptors (Lipinski definition) is 2. The van der Waals surface area contributed by atoms with Crippen molar-refractivity contribution in [2.75, 3.05) is 18.0 Å². The molecule has 1 aromatic rings. The third kappa shape index (κ3) is 4.92. The lowest BCUT2D eigenvalue weighted by Crippen LogP contribution is -2.34. The highest BCUT2D eigenvalue weighted by molar-refractivity contribution is 6.35. The van der Waals surface area contributed by atoms with Crippen LogP contribution < -0.4 is 4.90 Å². The minimum atomic E-state index is -0.813. The van der Waals surface area contributed by atoms with Crippen LogP contribution in [-0.4, -0.2) is 24.2 Å². The largest absolute Gasteiger partial charge is 0.481 e. The minimum Gasteiger partial charge on any atom is -0.481 e. The molecule has 0 aliphatic heterocycles. The summed E-state index contributed by atoms with van der Waals surface area (Å²) in [5.41, 5.74) is 0.788. The molecule has 0 amide bonds. The van der Waals surface area contributed by atoms with Crippen molar-refractivity contribution in [1.82, 2.24) is 0 Å². The highest BCUT2D eigenvalue weighted by Gasteiger charge is 2.19. The van der Waals surface area contributed by atoms with Crippen LogP contribution in [0.1, 0.15) is 20.8 Å². The summed E-state index contributed by atoms with van der Waals surface area (Å²) in [6, 6.07) is 5.24. The van der Waals surface area contributed by atoms with Gasteiger partial charge in [-0.25, -0.2) is 0 Å². The zero-order valence-electron chi connectivity index (χ0n) is 11.4. The Bertz CT molecular complexity index is 449. The molecule has 1 unspecified atom stereocenters. The lowest BCUT2D eigenvalue weighted by atomic mass is 10.1. The van der Waals surface area contributed by atoms with E-state index in [0.29, 0.717) is 22.5 Å². The van der Waals surface area contributed by atoms with Gasteiger partial charge in [-0.3, -0.25) is 4.79 Å². The second kappa shape index (κ2) is 7.01. The number of rotatable bonds is 6. The quantitative estimate of drug-likeness (QED) is 0.857. The fraction of sp³-hybridized carbons (Fsp3) is 0.500. The Morgan fingerprint density at radius 2 is 1.89 bits per heavy atom. The van der Waals surface area contributed by atoms with Crippen molar-refractivity contribution in [3.05, 3.63) is 28.2 Å². The molecule has 0 fully saturated rings. The summed E-state index contributed by atoms with van der Waals surface area (Å²) in [7, 11) is 0. The van der Waals surface area contributed by atoms with E-state index >= 15 is 0 Å². The Labute approximate surface area is 124 Å². The predicted molar refractivity (Wildman–Crippen MR) is 80.3 cm³/mol. The molecule has 0 spiro atoms. The van der Waals surface area contributed by atoms with Gasteiger partial charge < -0.3 is 10.0 Å². The van der Waals surface area contributed by atoms with E-state index in [-0.39, 0.29) is 0 Å². The molecule has 0 saturated carbocycles. The molecule has 106 valence electrons. The maximum Gasteiger partial charge on any atom is 0.308 e. The summed E-state index contributed by atoms with van der Waals surface area (Å²) in [5, 5.41) is 10.2. The van der Waals surface area contributed by atoms with Gasteiger partial charge in [0, 0.05) is 18.1 Å². The van der Waals surface area contributed by atoms with E-state index < -0.39 is 11.9 Å². The molecular formula is C14H19Cl2NO2. The summed E-state index contributed by atoms with van der Waals surface area (Å²) >= 11 is 12.2. The van der Waals surface area contributed by atoms with Crippen molar-refractivity contribution in [3.63, 3.8) is 0 Å². The van der Waals surface area contributed by atoms with Gasteiger partial charge in [-0.05, 0) is 24.1 Å². The number of hydrogen-bond donors (Lipinski definition) is 1. The van der Waals surface area contributed by atoms with Crippen LogP contribution in [0.4, 0.5) is 5.69 Å². The Hall–Kier alpha value is -0.930. The van der Waals surface area contributed by atoms with E-state index in [9.17, 15) is 4.79 Å². The van der Waals surface area contributed by atoms with Crippen LogP contribution >= 0.6 is 23.2 Å². The molecule has 0 aliphatic carbocycles. The van der Waals surface area contributed by atoms with Crippen molar-refractivity contribution >= 4 is 34.9 Å². The molecule has 5 heteroatoms. The Kier molecular flexibility index (Phi) is 5.95. The molecule has 0 heterocycles. The zero-order valence-corrected chi connectivity index (χ0v) is 12.9. The van der Waals surface area contributed by atoms with Crippen LogP contribution in [0.2, 0.25) is 10.0 Å². The lowest BCUT2D eigenvalue weighted by molar-refractivity contribution is -0.140. The summed E-state index contributed by atoms with van der Waals surface area (Å²) < 4.78 is 0. The Balaban J connectivity index is 3.01. The molecule has 1 rings (SSSR count). The highest BCUT2D eigenvalue weighted by atomic mass is 35.5. The molecular weight excluding hydrogens is 285 g/mol.